The number of benzene rings is 3. The summed E-state index contributed by atoms with van der Waals surface area (Å²) in [5, 5.41) is 1.24. The van der Waals surface area contributed by atoms with E-state index in [9.17, 15) is 9.59 Å². The molecule has 2 amide bonds. The number of anilines is 1. The van der Waals surface area contributed by atoms with Crippen molar-refractivity contribution in [1.82, 2.24) is 5.43 Å². The number of halogens is 1. The Morgan fingerprint density at radius 2 is 1.75 bits per heavy atom. The maximum absolute atomic E-state index is 12.8. The molecular formula is C25H21BrN2O4. The molecule has 4 rings (SSSR count). The van der Waals surface area contributed by atoms with Crippen LogP contribution < -0.4 is 19.9 Å². The number of aryl methyl sites for hydroxylation is 1. The summed E-state index contributed by atoms with van der Waals surface area (Å²) >= 11 is 3.52. The third-order valence-corrected chi connectivity index (χ3v) is 5.56. The molecule has 1 aliphatic heterocycles. The molecule has 3 aromatic rings. The first-order chi connectivity index (χ1) is 15.5. The van der Waals surface area contributed by atoms with Gasteiger partial charge in [-0.05, 0) is 64.3 Å². The summed E-state index contributed by atoms with van der Waals surface area (Å²) in [6.07, 6.45) is 1.54. The van der Waals surface area contributed by atoms with E-state index in [-0.39, 0.29) is 5.57 Å². The molecule has 3 aromatic carbocycles. The molecular weight excluding hydrogens is 472 g/mol. The number of hydrazine groups is 1. The van der Waals surface area contributed by atoms with Gasteiger partial charge in [-0.15, -0.1) is 0 Å². The second-order valence-electron chi connectivity index (χ2n) is 7.28. The number of hydrogen-bond acceptors (Lipinski definition) is 4. The summed E-state index contributed by atoms with van der Waals surface area (Å²) in [7, 11) is 1.54. The van der Waals surface area contributed by atoms with Crippen molar-refractivity contribution in [2.75, 3.05) is 12.1 Å². The average molecular weight is 493 g/mol. The van der Waals surface area contributed by atoms with Crippen LogP contribution in [0.25, 0.3) is 6.08 Å². The number of methoxy groups -OCH3 is 1. The van der Waals surface area contributed by atoms with Crippen molar-refractivity contribution in [2.45, 2.75) is 13.5 Å². The Bertz CT molecular complexity index is 1190. The SMILES string of the molecule is COc1cc(C=C2C(=O)NN(c3ccccc3)C2=O)cc(Br)c1OCc1ccc(C)cc1. The van der Waals surface area contributed by atoms with Gasteiger partial charge in [0, 0.05) is 0 Å². The molecule has 0 saturated carbocycles. The van der Waals surface area contributed by atoms with Gasteiger partial charge >= 0.3 is 0 Å². The molecule has 1 aliphatic rings. The standard InChI is InChI=1S/C25H21BrN2O4/c1-16-8-10-17(11-9-16)15-32-23-21(26)13-18(14-22(23)31-2)12-20-24(29)27-28(25(20)30)19-6-4-3-5-7-19/h3-14H,15H2,1-2H3,(H,27,29). The monoisotopic (exact) mass is 492 g/mol. The van der Waals surface area contributed by atoms with Gasteiger partial charge in [0.1, 0.15) is 12.2 Å². The van der Waals surface area contributed by atoms with Crippen LogP contribution in [0.5, 0.6) is 11.5 Å². The van der Waals surface area contributed by atoms with Gasteiger partial charge in [0.2, 0.25) is 0 Å². The minimum Gasteiger partial charge on any atom is -0.493 e. The van der Waals surface area contributed by atoms with Crippen molar-refractivity contribution >= 4 is 39.5 Å². The van der Waals surface area contributed by atoms with Gasteiger partial charge in [-0.25, -0.2) is 5.01 Å². The second kappa shape index (κ2) is 9.28. The fraction of sp³-hybridized carbons (Fsp3) is 0.120. The molecule has 0 aromatic heterocycles. The number of hydrogen-bond donors (Lipinski definition) is 1. The highest BCUT2D eigenvalue weighted by Crippen LogP contribution is 2.38. The Hall–Kier alpha value is -3.58. The van der Waals surface area contributed by atoms with E-state index in [1.165, 1.54) is 16.6 Å². The first kappa shape index (κ1) is 21.6. The van der Waals surface area contributed by atoms with Gasteiger partial charge < -0.3 is 9.47 Å². The normalized spacial score (nSPS) is 14.6. The Labute approximate surface area is 194 Å². The van der Waals surface area contributed by atoms with E-state index >= 15 is 0 Å². The molecule has 0 spiro atoms. The number of nitrogens with one attached hydrogen (secondary N) is 1. The molecule has 1 fully saturated rings. The van der Waals surface area contributed by atoms with Gasteiger partial charge in [0.05, 0.1) is 17.3 Å². The molecule has 0 radical (unpaired) electrons. The van der Waals surface area contributed by atoms with E-state index in [1.807, 2.05) is 37.3 Å². The molecule has 0 aliphatic carbocycles. The third-order valence-electron chi connectivity index (χ3n) is 4.97. The van der Waals surface area contributed by atoms with Crippen molar-refractivity contribution < 1.29 is 19.1 Å². The van der Waals surface area contributed by atoms with Crippen molar-refractivity contribution in [2.24, 2.45) is 0 Å². The predicted molar refractivity (Wildman–Crippen MR) is 126 cm³/mol. The maximum Gasteiger partial charge on any atom is 0.282 e. The first-order valence-electron chi connectivity index (χ1n) is 9.94. The van der Waals surface area contributed by atoms with Crippen molar-refractivity contribution in [1.29, 1.82) is 0 Å². The van der Waals surface area contributed by atoms with Crippen LogP contribution in [-0.4, -0.2) is 18.9 Å². The lowest BCUT2D eigenvalue weighted by atomic mass is 10.1. The number of carbonyl (C=O) groups is 2. The second-order valence-corrected chi connectivity index (χ2v) is 8.14. The summed E-state index contributed by atoms with van der Waals surface area (Å²) < 4.78 is 12.1. The zero-order valence-electron chi connectivity index (χ0n) is 17.6. The number of rotatable bonds is 6. The van der Waals surface area contributed by atoms with Crippen LogP contribution in [0.4, 0.5) is 5.69 Å². The summed E-state index contributed by atoms with van der Waals surface area (Å²) in [5.74, 6) is 0.150. The predicted octanol–water partition coefficient (Wildman–Crippen LogP) is 4.81. The van der Waals surface area contributed by atoms with Gasteiger partial charge in [-0.3, -0.25) is 15.0 Å². The lowest BCUT2D eigenvalue weighted by molar-refractivity contribution is -0.117. The largest absolute Gasteiger partial charge is 0.493 e. The molecule has 162 valence electrons. The van der Waals surface area contributed by atoms with Gasteiger partial charge in [-0.2, -0.15) is 0 Å². The van der Waals surface area contributed by atoms with Crippen LogP contribution in [0.2, 0.25) is 0 Å². The smallest absolute Gasteiger partial charge is 0.282 e. The van der Waals surface area contributed by atoms with Crippen LogP contribution >= 0.6 is 15.9 Å². The number of ether oxygens (including phenoxy) is 2. The van der Waals surface area contributed by atoms with E-state index in [0.29, 0.717) is 33.8 Å². The molecule has 0 atom stereocenters. The van der Waals surface area contributed by atoms with Gasteiger partial charge in [0.25, 0.3) is 11.8 Å². The zero-order valence-corrected chi connectivity index (χ0v) is 19.2. The quantitative estimate of drug-likeness (QED) is 0.396. The first-order valence-corrected chi connectivity index (χ1v) is 10.7. The zero-order chi connectivity index (χ0) is 22.7. The Morgan fingerprint density at radius 3 is 2.44 bits per heavy atom. The molecule has 1 heterocycles. The van der Waals surface area contributed by atoms with E-state index in [4.69, 9.17) is 9.47 Å². The molecule has 0 bridgehead atoms. The Balaban J connectivity index is 1.58. The molecule has 32 heavy (non-hydrogen) atoms. The van der Waals surface area contributed by atoms with Crippen LogP contribution in [-0.2, 0) is 16.2 Å². The van der Waals surface area contributed by atoms with Crippen molar-refractivity contribution in [3.8, 4) is 11.5 Å². The summed E-state index contributed by atoms with van der Waals surface area (Å²) in [6, 6.07) is 20.5. The fourth-order valence-corrected chi connectivity index (χ4v) is 3.86. The van der Waals surface area contributed by atoms with Crippen LogP contribution in [0, 0.1) is 6.92 Å². The van der Waals surface area contributed by atoms with Crippen LogP contribution in [0.1, 0.15) is 16.7 Å². The fourth-order valence-electron chi connectivity index (χ4n) is 3.29. The molecule has 1 saturated heterocycles. The highest BCUT2D eigenvalue weighted by Gasteiger charge is 2.34. The topological polar surface area (TPSA) is 67.9 Å². The minimum absolute atomic E-state index is 0.0381. The summed E-state index contributed by atoms with van der Waals surface area (Å²) in [6.45, 7) is 2.41. The minimum atomic E-state index is -0.464. The van der Waals surface area contributed by atoms with E-state index in [2.05, 4.69) is 21.4 Å². The van der Waals surface area contributed by atoms with Crippen molar-refractivity contribution in [3.05, 3.63) is 93.5 Å². The lowest BCUT2D eigenvalue weighted by Gasteiger charge is -2.14. The molecule has 1 N–H and O–H groups in total. The highest BCUT2D eigenvalue weighted by atomic mass is 79.9. The van der Waals surface area contributed by atoms with E-state index in [0.717, 1.165) is 5.56 Å². The van der Waals surface area contributed by atoms with Gasteiger partial charge in [-0.1, -0.05) is 48.0 Å². The summed E-state index contributed by atoms with van der Waals surface area (Å²) in [5.41, 5.74) is 6.07. The Morgan fingerprint density at radius 1 is 1.03 bits per heavy atom. The Kier molecular flexibility index (Phi) is 6.28. The lowest BCUT2D eigenvalue weighted by Crippen LogP contribution is -2.35. The summed E-state index contributed by atoms with van der Waals surface area (Å²) in [4.78, 5) is 25.3. The number of nitrogens with zero attached hydrogens (tertiary/aromatic N) is 1. The van der Waals surface area contributed by atoms with Crippen LogP contribution in [0.3, 0.4) is 0 Å². The molecule has 6 nitrogen and oxygen atoms in total. The average Bonchev–Trinajstić information content (AvgIpc) is 3.08. The van der Waals surface area contributed by atoms with Crippen LogP contribution in [0.15, 0.2) is 76.8 Å². The highest BCUT2D eigenvalue weighted by molar-refractivity contribution is 9.10. The number of amides is 2. The maximum atomic E-state index is 12.8. The molecule has 7 heteroatoms. The third kappa shape index (κ3) is 4.53. The number of carbonyl (C=O) groups excluding carboxylic acids is 2. The van der Waals surface area contributed by atoms with Gasteiger partial charge in [0.15, 0.2) is 11.5 Å². The van der Waals surface area contributed by atoms with E-state index in [1.54, 1.807) is 43.5 Å². The van der Waals surface area contributed by atoms with E-state index < -0.39 is 11.8 Å². The number of para-hydroxylation sites is 1. The van der Waals surface area contributed by atoms with Crippen molar-refractivity contribution in [3.63, 3.8) is 0 Å². The molecule has 0 unspecified atom stereocenters.